The molecule has 0 aliphatic carbocycles. The molecule has 1 heterocycles. The first-order chi connectivity index (χ1) is 19.9. The highest BCUT2D eigenvalue weighted by Gasteiger charge is 2.24. The van der Waals surface area contributed by atoms with Gasteiger partial charge in [0.2, 0.25) is 0 Å². The van der Waals surface area contributed by atoms with E-state index in [0.717, 1.165) is 44.1 Å². The molecule has 10 heteroatoms. The number of rotatable bonds is 12. The topological polar surface area (TPSA) is 114 Å². The minimum absolute atomic E-state index is 0.0287. The summed E-state index contributed by atoms with van der Waals surface area (Å²) in [6, 6.07) is 19.5. The first-order valence-electron chi connectivity index (χ1n) is 13.9. The van der Waals surface area contributed by atoms with Crippen LogP contribution in [0.4, 0.5) is 17.1 Å². The third kappa shape index (κ3) is 8.28. The summed E-state index contributed by atoms with van der Waals surface area (Å²) in [5.74, 6) is -0.177. The second-order valence-electron chi connectivity index (χ2n) is 10.0. The maximum Gasteiger partial charge on any atom is 0.270 e. The summed E-state index contributed by atoms with van der Waals surface area (Å²) in [5, 5.41) is 16.7. The number of hydrogen-bond donors (Lipinski definition) is 2. The number of amides is 2. The number of ether oxygens (including phenoxy) is 1. The van der Waals surface area contributed by atoms with E-state index in [2.05, 4.69) is 39.8 Å². The van der Waals surface area contributed by atoms with Crippen molar-refractivity contribution in [2.24, 2.45) is 5.92 Å². The SMILES string of the molecule is CCOCCCNC(=O)c1cc(NC(=O)c2ccc([N+](=O)[O-])cc2Cl)ccc1N1CCC(Cc2ccccc2)CC1. The van der Waals surface area contributed by atoms with Crippen molar-refractivity contribution in [3.8, 4) is 0 Å². The van der Waals surface area contributed by atoms with E-state index < -0.39 is 10.8 Å². The monoisotopic (exact) mass is 578 g/mol. The molecule has 2 N–H and O–H groups in total. The van der Waals surface area contributed by atoms with Gasteiger partial charge in [0, 0.05) is 56.4 Å². The molecular weight excluding hydrogens is 544 g/mol. The Bertz CT molecular complexity index is 1360. The minimum Gasteiger partial charge on any atom is -0.382 e. The number of nitro benzene ring substituents is 1. The van der Waals surface area contributed by atoms with Crippen LogP contribution in [0, 0.1) is 16.0 Å². The molecule has 0 bridgehead atoms. The van der Waals surface area contributed by atoms with Crippen LogP contribution in [0.1, 0.15) is 52.5 Å². The highest BCUT2D eigenvalue weighted by Crippen LogP contribution is 2.31. The van der Waals surface area contributed by atoms with Crippen molar-refractivity contribution < 1.29 is 19.2 Å². The number of anilines is 2. The number of carbonyl (C=O) groups is 2. The second-order valence-corrected chi connectivity index (χ2v) is 10.4. The number of benzene rings is 3. The van der Waals surface area contributed by atoms with Gasteiger partial charge in [0.1, 0.15) is 0 Å². The van der Waals surface area contributed by atoms with Crippen molar-refractivity contribution in [2.75, 3.05) is 43.1 Å². The van der Waals surface area contributed by atoms with E-state index in [4.69, 9.17) is 16.3 Å². The molecule has 216 valence electrons. The van der Waals surface area contributed by atoms with Crippen molar-refractivity contribution in [3.63, 3.8) is 0 Å². The number of halogens is 1. The summed E-state index contributed by atoms with van der Waals surface area (Å²) < 4.78 is 5.37. The minimum atomic E-state index is -0.573. The molecule has 0 unspecified atom stereocenters. The zero-order valence-electron chi connectivity index (χ0n) is 23.1. The Morgan fingerprint density at radius 2 is 1.78 bits per heavy atom. The van der Waals surface area contributed by atoms with Crippen LogP contribution in [0.5, 0.6) is 0 Å². The van der Waals surface area contributed by atoms with Gasteiger partial charge in [0.15, 0.2) is 0 Å². The molecule has 0 atom stereocenters. The first-order valence-corrected chi connectivity index (χ1v) is 14.3. The summed E-state index contributed by atoms with van der Waals surface area (Å²) >= 11 is 6.15. The standard InChI is InChI=1S/C31H35ClN4O5/c1-2-41-18-6-15-33-30(37)27-20-24(34-31(38)26-11-10-25(36(39)40)21-28(26)32)9-12-29(27)35-16-13-23(14-17-35)19-22-7-4-3-5-8-22/h3-5,7-12,20-21,23H,2,6,13-19H2,1H3,(H,33,37)(H,34,38). The Hall–Kier alpha value is -3.95. The molecule has 4 rings (SSSR count). The normalized spacial score (nSPS) is 13.6. The van der Waals surface area contributed by atoms with Crippen molar-refractivity contribution in [1.82, 2.24) is 5.32 Å². The number of non-ortho nitro benzene ring substituents is 1. The van der Waals surface area contributed by atoms with Gasteiger partial charge in [-0.2, -0.15) is 0 Å². The highest BCUT2D eigenvalue weighted by molar-refractivity contribution is 6.34. The lowest BCUT2D eigenvalue weighted by molar-refractivity contribution is -0.384. The van der Waals surface area contributed by atoms with E-state index >= 15 is 0 Å². The van der Waals surface area contributed by atoms with Crippen molar-refractivity contribution in [1.29, 1.82) is 0 Å². The molecule has 9 nitrogen and oxygen atoms in total. The van der Waals surface area contributed by atoms with Crippen LogP contribution in [0.15, 0.2) is 66.7 Å². The largest absolute Gasteiger partial charge is 0.382 e. The first kappa shape index (κ1) is 30.0. The van der Waals surface area contributed by atoms with Crippen LogP contribution in [0.2, 0.25) is 5.02 Å². The van der Waals surface area contributed by atoms with E-state index in [1.165, 1.54) is 17.7 Å². The van der Waals surface area contributed by atoms with Crippen LogP contribution in [-0.4, -0.2) is 49.6 Å². The number of nitrogens with one attached hydrogen (secondary N) is 2. The fourth-order valence-corrected chi connectivity index (χ4v) is 5.27. The maximum atomic E-state index is 13.3. The molecule has 1 fully saturated rings. The number of carbonyl (C=O) groups excluding carboxylic acids is 2. The molecule has 3 aromatic rings. The molecule has 0 radical (unpaired) electrons. The zero-order valence-corrected chi connectivity index (χ0v) is 23.9. The summed E-state index contributed by atoms with van der Waals surface area (Å²) in [4.78, 5) is 39.0. The lowest BCUT2D eigenvalue weighted by atomic mass is 9.89. The number of nitrogens with zero attached hydrogens (tertiary/aromatic N) is 2. The Morgan fingerprint density at radius 1 is 1.02 bits per heavy atom. The maximum absolute atomic E-state index is 13.3. The Morgan fingerprint density at radius 3 is 2.46 bits per heavy atom. The van der Waals surface area contributed by atoms with Gasteiger partial charge in [-0.05, 0) is 68.4 Å². The predicted octanol–water partition coefficient (Wildman–Crippen LogP) is 6.12. The average molecular weight is 579 g/mol. The van der Waals surface area contributed by atoms with Gasteiger partial charge in [-0.3, -0.25) is 19.7 Å². The van der Waals surface area contributed by atoms with Gasteiger partial charge >= 0.3 is 0 Å². The van der Waals surface area contributed by atoms with Gasteiger partial charge in [-0.15, -0.1) is 0 Å². The second kappa shape index (κ2) is 14.6. The van der Waals surface area contributed by atoms with Crippen LogP contribution < -0.4 is 15.5 Å². The Labute approximate surface area is 245 Å². The van der Waals surface area contributed by atoms with Gasteiger partial charge in [-0.25, -0.2) is 0 Å². The smallest absolute Gasteiger partial charge is 0.270 e. The molecule has 0 saturated carbocycles. The number of hydrogen-bond acceptors (Lipinski definition) is 6. The molecule has 41 heavy (non-hydrogen) atoms. The molecule has 2 amide bonds. The summed E-state index contributed by atoms with van der Waals surface area (Å²) in [7, 11) is 0. The number of piperidine rings is 1. The third-order valence-corrected chi connectivity index (χ3v) is 7.50. The highest BCUT2D eigenvalue weighted by atomic mass is 35.5. The molecule has 0 aromatic heterocycles. The van der Waals surface area contributed by atoms with E-state index in [0.29, 0.717) is 43.3 Å². The van der Waals surface area contributed by atoms with Crippen LogP contribution in [-0.2, 0) is 11.2 Å². The van der Waals surface area contributed by atoms with Crippen molar-refractivity contribution in [2.45, 2.75) is 32.6 Å². The summed E-state index contributed by atoms with van der Waals surface area (Å²) in [6.45, 7) is 5.23. The van der Waals surface area contributed by atoms with Gasteiger partial charge in [0.25, 0.3) is 17.5 Å². The average Bonchev–Trinajstić information content (AvgIpc) is 2.97. The number of nitro groups is 1. The van der Waals surface area contributed by atoms with E-state index in [1.54, 1.807) is 12.1 Å². The fourth-order valence-electron chi connectivity index (χ4n) is 5.01. The molecule has 1 saturated heterocycles. The lowest BCUT2D eigenvalue weighted by Gasteiger charge is -2.35. The fraction of sp³-hybridized carbons (Fsp3) is 0.355. The van der Waals surface area contributed by atoms with E-state index in [9.17, 15) is 19.7 Å². The third-order valence-electron chi connectivity index (χ3n) is 7.18. The van der Waals surface area contributed by atoms with Crippen molar-refractivity contribution >= 4 is 40.5 Å². The van der Waals surface area contributed by atoms with Crippen LogP contribution >= 0.6 is 11.6 Å². The van der Waals surface area contributed by atoms with Gasteiger partial charge in [0.05, 0.1) is 21.1 Å². The lowest BCUT2D eigenvalue weighted by Crippen LogP contribution is -2.36. The summed E-state index contributed by atoms with van der Waals surface area (Å²) in [5.41, 5.74) is 2.95. The molecule has 0 spiro atoms. The van der Waals surface area contributed by atoms with Crippen LogP contribution in [0.25, 0.3) is 0 Å². The molecular formula is C31H35ClN4O5. The zero-order chi connectivity index (χ0) is 29.2. The Balaban J connectivity index is 1.49. The summed E-state index contributed by atoms with van der Waals surface area (Å²) in [6.07, 6.45) is 3.76. The van der Waals surface area contributed by atoms with E-state index in [1.807, 2.05) is 19.1 Å². The Kier molecular flexibility index (Phi) is 10.7. The van der Waals surface area contributed by atoms with Gasteiger partial charge < -0.3 is 20.3 Å². The van der Waals surface area contributed by atoms with Gasteiger partial charge in [-0.1, -0.05) is 41.9 Å². The molecule has 1 aliphatic rings. The van der Waals surface area contributed by atoms with Crippen LogP contribution in [0.3, 0.4) is 0 Å². The van der Waals surface area contributed by atoms with E-state index in [-0.39, 0.29) is 22.2 Å². The van der Waals surface area contributed by atoms with Crippen molar-refractivity contribution in [3.05, 3.63) is 98.6 Å². The predicted molar refractivity (Wildman–Crippen MR) is 161 cm³/mol. The quantitative estimate of drug-likeness (QED) is 0.152. The molecule has 3 aromatic carbocycles. The molecule has 1 aliphatic heterocycles.